The van der Waals surface area contributed by atoms with Crippen LogP contribution in [0.25, 0.3) is 10.9 Å². The Morgan fingerprint density at radius 2 is 2.12 bits per heavy atom. The Labute approximate surface area is 146 Å². The third kappa shape index (κ3) is 2.98. The van der Waals surface area contributed by atoms with Crippen LogP contribution in [0.4, 0.5) is 0 Å². The van der Waals surface area contributed by atoms with Crippen molar-refractivity contribution in [1.82, 2.24) is 20.2 Å². The number of carbonyl (C=O) groups is 1. The van der Waals surface area contributed by atoms with E-state index in [0.717, 1.165) is 35.2 Å². The standard InChI is InChI=1S/C20H20N4O/c1-14-7-8-15-4-2-6-17(19(15)23-14)20(25)24-11-10-22-13-18(24)16-5-3-9-21-12-16/h2-9,12,18,22H,10-11,13H2,1H3. The highest BCUT2D eigenvalue weighted by Crippen LogP contribution is 2.26. The van der Waals surface area contributed by atoms with Gasteiger partial charge in [0.1, 0.15) is 0 Å². The highest BCUT2D eigenvalue weighted by molar-refractivity contribution is 6.05. The maximum Gasteiger partial charge on any atom is 0.256 e. The number of piperazine rings is 1. The van der Waals surface area contributed by atoms with Crippen LogP contribution in [-0.4, -0.2) is 40.4 Å². The molecule has 1 N–H and O–H groups in total. The second-order valence-corrected chi connectivity index (χ2v) is 6.33. The first-order valence-corrected chi connectivity index (χ1v) is 8.52. The number of benzene rings is 1. The second-order valence-electron chi connectivity index (χ2n) is 6.33. The Kier molecular flexibility index (Phi) is 4.15. The van der Waals surface area contributed by atoms with Gasteiger partial charge in [-0.2, -0.15) is 0 Å². The zero-order valence-corrected chi connectivity index (χ0v) is 14.1. The van der Waals surface area contributed by atoms with Crippen LogP contribution >= 0.6 is 0 Å². The molecule has 0 bridgehead atoms. The molecule has 1 unspecified atom stereocenters. The molecule has 5 heteroatoms. The molecule has 1 saturated heterocycles. The number of nitrogens with zero attached hydrogens (tertiary/aromatic N) is 3. The summed E-state index contributed by atoms with van der Waals surface area (Å²) in [7, 11) is 0. The molecule has 126 valence electrons. The average Bonchev–Trinajstić information content (AvgIpc) is 2.67. The molecule has 25 heavy (non-hydrogen) atoms. The molecule has 3 aromatic rings. The first kappa shape index (κ1) is 15.7. The molecule has 1 amide bonds. The highest BCUT2D eigenvalue weighted by atomic mass is 16.2. The molecule has 1 aliphatic rings. The van der Waals surface area contributed by atoms with Gasteiger partial charge in [0.15, 0.2) is 0 Å². The van der Waals surface area contributed by atoms with Gasteiger partial charge in [0.2, 0.25) is 0 Å². The summed E-state index contributed by atoms with van der Waals surface area (Å²) in [4.78, 5) is 24.1. The second kappa shape index (κ2) is 6.61. The van der Waals surface area contributed by atoms with E-state index in [0.29, 0.717) is 12.1 Å². The van der Waals surface area contributed by atoms with Gasteiger partial charge >= 0.3 is 0 Å². The minimum atomic E-state index is -0.0185. The van der Waals surface area contributed by atoms with E-state index in [4.69, 9.17) is 0 Å². The molecular weight excluding hydrogens is 312 g/mol. The van der Waals surface area contributed by atoms with Crippen molar-refractivity contribution in [2.45, 2.75) is 13.0 Å². The van der Waals surface area contributed by atoms with Crippen LogP contribution in [0, 0.1) is 6.92 Å². The molecule has 1 fully saturated rings. The molecule has 0 saturated carbocycles. The molecule has 0 spiro atoms. The van der Waals surface area contributed by atoms with Crippen molar-refractivity contribution >= 4 is 16.8 Å². The average molecular weight is 332 g/mol. The number of hydrogen-bond acceptors (Lipinski definition) is 4. The fourth-order valence-electron chi connectivity index (χ4n) is 3.39. The number of rotatable bonds is 2. The molecular formula is C20H20N4O. The van der Waals surface area contributed by atoms with E-state index in [1.807, 2.05) is 60.5 Å². The normalized spacial score (nSPS) is 17.6. The highest BCUT2D eigenvalue weighted by Gasteiger charge is 2.29. The van der Waals surface area contributed by atoms with E-state index in [1.54, 1.807) is 6.20 Å². The summed E-state index contributed by atoms with van der Waals surface area (Å²) in [6.45, 7) is 4.14. The van der Waals surface area contributed by atoms with Crippen LogP contribution in [0.15, 0.2) is 54.9 Å². The SMILES string of the molecule is Cc1ccc2cccc(C(=O)N3CCNCC3c3cccnc3)c2n1. The predicted octanol–water partition coefficient (Wildman–Crippen LogP) is 2.72. The van der Waals surface area contributed by atoms with E-state index in [-0.39, 0.29) is 11.9 Å². The Morgan fingerprint density at radius 1 is 1.20 bits per heavy atom. The summed E-state index contributed by atoms with van der Waals surface area (Å²) in [5, 5.41) is 4.37. The molecule has 1 aromatic carbocycles. The zero-order valence-electron chi connectivity index (χ0n) is 14.1. The first-order valence-electron chi connectivity index (χ1n) is 8.52. The van der Waals surface area contributed by atoms with Crippen LogP contribution in [0.2, 0.25) is 0 Å². The monoisotopic (exact) mass is 332 g/mol. The number of aryl methyl sites for hydroxylation is 1. The Hall–Kier alpha value is -2.79. The van der Waals surface area contributed by atoms with Gasteiger partial charge in [0, 0.05) is 43.1 Å². The van der Waals surface area contributed by atoms with Crippen LogP contribution < -0.4 is 5.32 Å². The minimum absolute atomic E-state index is 0.0185. The van der Waals surface area contributed by atoms with Gasteiger partial charge in [-0.25, -0.2) is 0 Å². The van der Waals surface area contributed by atoms with Crippen molar-refractivity contribution in [1.29, 1.82) is 0 Å². The molecule has 1 atom stereocenters. The van der Waals surface area contributed by atoms with E-state index in [2.05, 4.69) is 15.3 Å². The maximum absolute atomic E-state index is 13.3. The van der Waals surface area contributed by atoms with Crippen LogP contribution in [-0.2, 0) is 0 Å². The summed E-state index contributed by atoms with van der Waals surface area (Å²) in [5.41, 5.74) is 3.40. The van der Waals surface area contributed by atoms with Gasteiger partial charge < -0.3 is 10.2 Å². The third-order valence-electron chi connectivity index (χ3n) is 4.66. The fourth-order valence-corrected chi connectivity index (χ4v) is 3.39. The van der Waals surface area contributed by atoms with E-state index in [1.165, 1.54) is 0 Å². The topological polar surface area (TPSA) is 58.1 Å². The number of hydrogen-bond donors (Lipinski definition) is 1. The molecule has 0 aliphatic carbocycles. The number of fused-ring (bicyclic) bond motifs is 1. The lowest BCUT2D eigenvalue weighted by Crippen LogP contribution is -2.48. The van der Waals surface area contributed by atoms with Crippen molar-refractivity contribution in [3.05, 3.63) is 71.7 Å². The Balaban J connectivity index is 1.75. The predicted molar refractivity (Wildman–Crippen MR) is 97.4 cm³/mol. The zero-order chi connectivity index (χ0) is 17.2. The number of amides is 1. The maximum atomic E-state index is 13.3. The lowest BCUT2D eigenvalue weighted by Gasteiger charge is -2.36. The summed E-state index contributed by atoms with van der Waals surface area (Å²) >= 11 is 0. The Bertz CT molecular complexity index is 910. The minimum Gasteiger partial charge on any atom is -0.329 e. The number of carbonyl (C=O) groups excluding carboxylic acids is 1. The van der Waals surface area contributed by atoms with Crippen molar-refractivity contribution in [2.75, 3.05) is 19.6 Å². The number of aromatic nitrogens is 2. The lowest BCUT2D eigenvalue weighted by atomic mass is 10.0. The number of nitrogens with one attached hydrogen (secondary N) is 1. The third-order valence-corrected chi connectivity index (χ3v) is 4.66. The molecule has 5 nitrogen and oxygen atoms in total. The Morgan fingerprint density at radius 3 is 2.96 bits per heavy atom. The van der Waals surface area contributed by atoms with Crippen LogP contribution in [0.1, 0.15) is 27.7 Å². The smallest absolute Gasteiger partial charge is 0.256 e. The van der Waals surface area contributed by atoms with Gasteiger partial charge in [-0.05, 0) is 30.7 Å². The van der Waals surface area contributed by atoms with Crippen molar-refractivity contribution in [3.8, 4) is 0 Å². The van der Waals surface area contributed by atoms with Gasteiger partial charge in [-0.3, -0.25) is 14.8 Å². The molecule has 0 radical (unpaired) electrons. The summed E-state index contributed by atoms with van der Waals surface area (Å²) < 4.78 is 0. The summed E-state index contributed by atoms with van der Waals surface area (Å²) in [6.07, 6.45) is 3.59. The van der Waals surface area contributed by atoms with Gasteiger partial charge in [-0.1, -0.05) is 24.3 Å². The molecule has 4 rings (SSSR count). The largest absolute Gasteiger partial charge is 0.329 e. The van der Waals surface area contributed by atoms with Gasteiger partial charge in [0.25, 0.3) is 5.91 Å². The summed E-state index contributed by atoms with van der Waals surface area (Å²) in [5.74, 6) is 0.0269. The quantitative estimate of drug-likeness (QED) is 0.784. The number of para-hydroxylation sites is 1. The lowest BCUT2D eigenvalue weighted by molar-refractivity contribution is 0.0636. The van der Waals surface area contributed by atoms with Gasteiger partial charge in [0.05, 0.1) is 17.1 Å². The summed E-state index contributed by atoms with van der Waals surface area (Å²) in [6, 6.07) is 13.7. The van der Waals surface area contributed by atoms with Crippen molar-refractivity contribution < 1.29 is 4.79 Å². The van der Waals surface area contributed by atoms with E-state index < -0.39 is 0 Å². The molecule has 3 heterocycles. The molecule has 2 aromatic heterocycles. The number of pyridine rings is 2. The van der Waals surface area contributed by atoms with Crippen LogP contribution in [0.3, 0.4) is 0 Å². The van der Waals surface area contributed by atoms with Crippen molar-refractivity contribution in [2.24, 2.45) is 0 Å². The van der Waals surface area contributed by atoms with Crippen molar-refractivity contribution in [3.63, 3.8) is 0 Å². The van der Waals surface area contributed by atoms with Crippen LogP contribution in [0.5, 0.6) is 0 Å². The van der Waals surface area contributed by atoms with Gasteiger partial charge in [-0.15, -0.1) is 0 Å². The molecule has 1 aliphatic heterocycles. The first-order chi connectivity index (χ1) is 12.2. The fraction of sp³-hybridized carbons (Fsp3) is 0.250. The van der Waals surface area contributed by atoms with E-state index >= 15 is 0 Å². The van der Waals surface area contributed by atoms with E-state index in [9.17, 15) is 4.79 Å².